The van der Waals surface area contributed by atoms with Crippen LogP contribution in [-0.4, -0.2) is 49.9 Å². The number of hydrogen-bond acceptors (Lipinski definition) is 7. The molecule has 0 aromatic rings. The van der Waals surface area contributed by atoms with Gasteiger partial charge in [-0.15, -0.1) is 0 Å². The number of allylic oxidation sites excluding steroid dienone is 14. The molecule has 0 bridgehead atoms. The van der Waals surface area contributed by atoms with Crippen molar-refractivity contribution in [1.82, 2.24) is 0 Å². The van der Waals surface area contributed by atoms with Crippen LogP contribution in [0.1, 0.15) is 194 Å². The minimum atomic E-state index is -4.30. The first-order valence-corrected chi connectivity index (χ1v) is 25.6. The predicted molar refractivity (Wildman–Crippen MR) is 256 cm³/mol. The first-order valence-electron chi connectivity index (χ1n) is 24.1. The Hall–Kier alpha value is -2.32. The molecule has 0 aromatic carbocycles. The van der Waals surface area contributed by atoms with E-state index >= 15 is 0 Å². The second-order valence-electron chi connectivity index (χ2n) is 15.6. The van der Waals surface area contributed by atoms with E-state index in [1.807, 2.05) is 0 Å². The van der Waals surface area contributed by atoms with Crippen molar-refractivity contribution in [2.45, 2.75) is 200 Å². The topological polar surface area (TPSA) is 117 Å². The summed E-state index contributed by atoms with van der Waals surface area (Å²) in [6.45, 7) is 4.72. The number of nitrogens with two attached hydrogens (primary N) is 1. The van der Waals surface area contributed by atoms with Crippen molar-refractivity contribution in [3.8, 4) is 0 Å². The smallest absolute Gasteiger partial charge is 0.457 e. The van der Waals surface area contributed by atoms with Crippen LogP contribution in [0, 0.1) is 0 Å². The number of rotatable bonds is 45. The molecule has 0 amide bonds. The number of hydrogen-bond donors (Lipinski definition) is 2. The number of unbranched alkanes of at least 4 members (excludes halogenated alkanes) is 18. The molecule has 60 heavy (non-hydrogen) atoms. The number of carbonyl (C=O) groups is 1. The molecule has 0 radical (unpaired) electrons. The van der Waals surface area contributed by atoms with Crippen LogP contribution >= 0.6 is 7.82 Å². The lowest BCUT2D eigenvalue weighted by Crippen LogP contribution is -2.28. The molecular weight excluding hydrogens is 770 g/mol. The van der Waals surface area contributed by atoms with Gasteiger partial charge in [0.05, 0.1) is 19.8 Å². The Morgan fingerprint density at radius 3 is 1.40 bits per heavy atom. The lowest BCUT2D eigenvalue weighted by Gasteiger charge is -2.20. The molecule has 0 aliphatic rings. The number of ether oxygens (including phenoxy) is 2. The van der Waals surface area contributed by atoms with E-state index in [-0.39, 0.29) is 32.3 Å². The molecule has 346 valence electrons. The lowest BCUT2D eigenvalue weighted by molar-refractivity contribution is -0.154. The third-order valence-corrected chi connectivity index (χ3v) is 10.8. The average Bonchev–Trinajstić information content (AvgIpc) is 3.24. The minimum Gasteiger partial charge on any atom is -0.457 e. The highest BCUT2D eigenvalue weighted by atomic mass is 31.2. The van der Waals surface area contributed by atoms with Gasteiger partial charge in [0, 0.05) is 19.6 Å². The fourth-order valence-corrected chi connectivity index (χ4v) is 7.05. The quantitative estimate of drug-likeness (QED) is 0.0269. The molecule has 3 N–H and O–H groups in total. The molecule has 0 spiro atoms. The second-order valence-corrected chi connectivity index (χ2v) is 17.0. The third-order valence-electron chi connectivity index (χ3n) is 9.80. The molecule has 0 rings (SSSR count). The monoisotopic (exact) mass is 860 g/mol. The fraction of sp³-hybridized carbons (Fsp3) is 0.706. The van der Waals surface area contributed by atoms with E-state index in [9.17, 15) is 14.3 Å². The van der Waals surface area contributed by atoms with Gasteiger partial charge in [-0.25, -0.2) is 4.57 Å². The molecule has 0 saturated carbocycles. The van der Waals surface area contributed by atoms with Crippen molar-refractivity contribution in [1.29, 1.82) is 0 Å². The molecule has 0 aliphatic carbocycles. The molecule has 0 fully saturated rings. The molecule has 2 atom stereocenters. The summed E-state index contributed by atoms with van der Waals surface area (Å²) in [6, 6.07) is 0. The summed E-state index contributed by atoms with van der Waals surface area (Å²) < 4.78 is 33.5. The maximum absolute atomic E-state index is 12.6. The SMILES string of the molecule is CC/C=C\C/C=C\C/C=C\C/C=C\C/C=C\CCCCCCOCC(COP(=O)(O)OCCN)OC(=O)CCCCCCCCCCC/C=C\C/C=C\CCCCCCC. The fourth-order valence-electron chi connectivity index (χ4n) is 6.29. The third kappa shape index (κ3) is 46.7. The maximum atomic E-state index is 12.6. The Morgan fingerprint density at radius 1 is 0.517 bits per heavy atom. The predicted octanol–water partition coefficient (Wildman–Crippen LogP) is 14.9. The van der Waals surface area contributed by atoms with Crippen LogP contribution in [0.2, 0.25) is 0 Å². The van der Waals surface area contributed by atoms with E-state index in [2.05, 4.69) is 98.9 Å². The largest absolute Gasteiger partial charge is 0.472 e. The van der Waals surface area contributed by atoms with Crippen molar-refractivity contribution in [2.24, 2.45) is 5.73 Å². The highest BCUT2D eigenvalue weighted by Gasteiger charge is 2.25. The second kappa shape index (κ2) is 47.7. The van der Waals surface area contributed by atoms with Crippen LogP contribution in [0.15, 0.2) is 85.1 Å². The van der Waals surface area contributed by atoms with E-state index in [1.54, 1.807) is 0 Å². The van der Waals surface area contributed by atoms with Gasteiger partial charge in [-0.1, -0.05) is 182 Å². The summed E-state index contributed by atoms with van der Waals surface area (Å²) >= 11 is 0. The molecule has 0 heterocycles. The van der Waals surface area contributed by atoms with Crippen LogP contribution in [-0.2, 0) is 27.9 Å². The van der Waals surface area contributed by atoms with Crippen LogP contribution in [0.3, 0.4) is 0 Å². The molecule has 0 aromatic heterocycles. The molecule has 8 nitrogen and oxygen atoms in total. The van der Waals surface area contributed by atoms with Crippen LogP contribution < -0.4 is 5.73 Å². The lowest BCUT2D eigenvalue weighted by atomic mass is 10.1. The van der Waals surface area contributed by atoms with Crippen molar-refractivity contribution < 1.29 is 32.8 Å². The van der Waals surface area contributed by atoms with Gasteiger partial charge in [0.15, 0.2) is 0 Å². The summed E-state index contributed by atoms with van der Waals surface area (Å²) in [4.78, 5) is 22.6. The van der Waals surface area contributed by atoms with Gasteiger partial charge in [0.1, 0.15) is 6.10 Å². The van der Waals surface area contributed by atoms with Crippen molar-refractivity contribution in [3.63, 3.8) is 0 Å². The first kappa shape index (κ1) is 57.7. The Labute approximate surface area is 368 Å². The molecule has 9 heteroatoms. The van der Waals surface area contributed by atoms with E-state index in [1.165, 1.54) is 83.5 Å². The summed E-state index contributed by atoms with van der Waals surface area (Å²) in [5, 5.41) is 0. The van der Waals surface area contributed by atoms with Gasteiger partial charge in [0.25, 0.3) is 0 Å². The number of phosphoric acid groups is 1. The number of phosphoric ester groups is 1. The van der Waals surface area contributed by atoms with E-state index in [0.29, 0.717) is 13.0 Å². The van der Waals surface area contributed by atoms with Crippen LogP contribution in [0.25, 0.3) is 0 Å². The first-order chi connectivity index (χ1) is 29.4. The van der Waals surface area contributed by atoms with Crippen molar-refractivity contribution in [3.05, 3.63) is 85.1 Å². The Balaban J connectivity index is 4.06. The minimum absolute atomic E-state index is 0.0907. The zero-order chi connectivity index (χ0) is 43.7. The standard InChI is InChI=1S/C51H90NO7P/c1-3-5-7-9-11-13-15-17-19-21-23-25-26-28-30-32-34-36-38-40-42-44-51(53)59-50(49-58-60(54,55)57-47-45-52)48-56-46-43-41-39-37-35-33-31-29-27-24-22-20-18-16-14-12-10-8-6-4-2/h6,8,12,14-15,17-18,20-21,23-24,27,31,33,50H,3-5,7,9-11,13,16,19,22,25-26,28-30,32,34-49,52H2,1-2H3,(H,54,55)/b8-6-,14-12-,17-15-,20-18-,23-21-,27-24-,33-31-. The average molecular weight is 860 g/mol. The Bertz CT molecular complexity index is 1190. The van der Waals surface area contributed by atoms with E-state index in [0.717, 1.165) is 89.9 Å². The van der Waals surface area contributed by atoms with Crippen molar-refractivity contribution in [2.75, 3.05) is 33.0 Å². The van der Waals surface area contributed by atoms with Gasteiger partial charge in [-0.2, -0.15) is 0 Å². The van der Waals surface area contributed by atoms with Crippen molar-refractivity contribution >= 4 is 13.8 Å². The van der Waals surface area contributed by atoms with Gasteiger partial charge in [-0.3, -0.25) is 13.8 Å². The van der Waals surface area contributed by atoms with Gasteiger partial charge in [-0.05, 0) is 89.9 Å². The number of carbonyl (C=O) groups excluding carboxylic acids is 1. The highest BCUT2D eigenvalue weighted by Crippen LogP contribution is 2.43. The number of esters is 1. The zero-order valence-corrected chi connectivity index (χ0v) is 39.3. The molecular formula is C51H90NO7P. The van der Waals surface area contributed by atoms with E-state index < -0.39 is 13.9 Å². The van der Waals surface area contributed by atoms with Crippen LogP contribution in [0.5, 0.6) is 0 Å². The maximum Gasteiger partial charge on any atom is 0.472 e. The summed E-state index contributed by atoms with van der Waals surface area (Å²) in [7, 11) is -4.30. The van der Waals surface area contributed by atoms with Gasteiger partial charge in [0.2, 0.25) is 0 Å². The van der Waals surface area contributed by atoms with Gasteiger partial charge >= 0.3 is 13.8 Å². The summed E-state index contributed by atoms with van der Waals surface area (Å²) in [5.41, 5.74) is 5.38. The van der Waals surface area contributed by atoms with Crippen LogP contribution in [0.4, 0.5) is 0 Å². The highest BCUT2D eigenvalue weighted by molar-refractivity contribution is 7.47. The van der Waals surface area contributed by atoms with Gasteiger partial charge < -0.3 is 20.1 Å². The van der Waals surface area contributed by atoms with E-state index in [4.69, 9.17) is 24.3 Å². The Kier molecular flexibility index (Phi) is 45.9. The molecule has 0 saturated heterocycles. The molecule has 2 unspecified atom stereocenters. The Morgan fingerprint density at radius 2 is 0.933 bits per heavy atom. The normalized spacial score (nSPS) is 14.1. The zero-order valence-electron chi connectivity index (χ0n) is 38.4. The summed E-state index contributed by atoms with van der Waals surface area (Å²) in [6.07, 6.45) is 61.8. The molecule has 0 aliphatic heterocycles. The summed E-state index contributed by atoms with van der Waals surface area (Å²) in [5.74, 6) is -0.347.